The second kappa shape index (κ2) is 7.69. The van der Waals surface area contributed by atoms with E-state index in [9.17, 15) is 0 Å². The van der Waals surface area contributed by atoms with Crippen LogP contribution in [0.15, 0.2) is 121 Å². The van der Waals surface area contributed by atoms with Crippen molar-refractivity contribution in [1.29, 1.82) is 0 Å². The van der Waals surface area contributed by atoms with Gasteiger partial charge in [-0.1, -0.05) is 96.6 Å². The highest BCUT2D eigenvalue weighted by Gasteiger charge is 2.16. The van der Waals surface area contributed by atoms with Crippen molar-refractivity contribution in [2.75, 3.05) is 0 Å². The van der Waals surface area contributed by atoms with Crippen LogP contribution < -0.4 is 0 Å². The van der Waals surface area contributed by atoms with Gasteiger partial charge >= 0.3 is 0 Å². The van der Waals surface area contributed by atoms with Crippen molar-refractivity contribution in [2.24, 2.45) is 0 Å². The van der Waals surface area contributed by atoms with Gasteiger partial charge in [-0.3, -0.25) is 0 Å². The number of rotatable bonds is 3. The maximum atomic E-state index is 2.41. The van der Waals surface area contributed by atoms with Crippen LogP contribution in [0.3, 0.4) is 0 Å². The molecule has 1 aromatic heterocycles. The average Bonchev–Trinajstić information content (AvgIpc) is 3.19. The van der Waals surface area contributed by atoms with Crippen molar-refractivity contribution < 1.29 is 0 Å². The second-order valence-electron chi connectivity index (χ2n) is 8.69. The molecule has 1 heterocycles. The minimum absolute atomic E-state index is 0.440. The lowest BCUT2D eigenvalue weighted by atomic mass is 9.90. The summed E-state index contributed by atoms with van der Waals surface area (Å²) in [5.74, 6) is 0.440. The quantitative estimate of drug-likeness (QED) is 0.281. The molecule has 1 nitrogen and oxygen atoms in total. The molecule has 0 spiro atoms. The first-order valence-electron chi connectivity index (χ1n) is 11.3. The lowest BCUT2D eigenvalue weighted by Gasteiger charge is -2.16. The molecule has 1 unspecified atom stereocenters. The molecule has 0 saturated heterocycles. The van der Waals surface area contributed by atoms with Crippen molar-refractivity contribution in [3.05, 3.63) is 126 Å². The summed E-state index contributed by atoms with van der Waals surface area (Å²) >= 11 is 0. The maximum Gasteiger partial charge on any atom is 0.0544 e. The van der Waals surface area contributed by atoms with Crippen LogP contribution in [0.2, 0.25) is 0 Å². The third kappa shape index (κ3) is 3.18. The van der Waals surface area contributed by atoms with Gasteiger partial charge < -0.3 is 4.57 Å². The fraction of sp³-hybridized carbons (Fsp3) is 0.0968. The molecule has 5 aromatic rings. The number of fused-ring (bicyclic) bond motifs is 3. The van der Waals surface area contributed by atoms with E-state index in [1.807, 2.05) is 0 Å². The largest absolute Gasteiger partial charge is 0.309 e. The van der Waals surface area contributed by atoms with Gasteiger partial charge in [0.15, 0.2) is 0 Å². The number of hydrogen-bond donors (Lipinski definition) is 0. The Balaban J connectivity index is 1.51. The summed E-state index contributed by atoms with van der Waals surface area (Å²) in [6.45, 7) is 2.17. The minimum atomic E-state index is 0.440. The molecule has 1 atom stereocenters. The molecule has 1 aliphatic rings. The molecule has 0 aliphatic heterocycles. The molecule has 0 fully saturated rings. The molecule has 4 aromatic carbocycles. The Kier molecular flexibility index (Phi) is 4.54. The third-order valence-corrected chi connectivity index (χ3v) is 6.64. The molecule has 0 N–H and O–H groups in total. The van der Waals surface area contributed by atoms with Crippen LogP contribution in [0.25, 0.3) is 38.6 Å². The summed E-state index contributed by atoms with van der Waals surface area (Å²) < 4.78 is 2.41. The van der Waals surface area contributed by atoms with E-state index < -0.39 is 0 Å². The summed E-state index contributed by atoms with van der Waals surface area (Å²) in [5, 5.41) is 2.61. The van der Waals surface area contributed by atoms with Gasteiger partial charge in [0.2, 0.25) is 0 Å². The van der Waals surface area contributed by atoms with Gasteiger partial charge in [-0.15, -0.1) is 0 Å². The van der Waals surface area contributed by atoms with Crippen LogP contribution in [-0.4, -0.2) is 4.57 Å². The molecule has 32 heavy (non-hydrogen) atoms. The second-order valence-corrected chi connectivity index (χ2v) is 8.69. The van der Waals surface area contributed by atoms with Gasteiger partial charge in [0.25, 0.3) is 0 Å². The van der Waals surface area contributed by atoms with E-state index in [0.717, 1.165) is 6.42 Å². The van der Waals surface area contributed by atoms with Gasteiger partial charge in [0.05, 0.1) is 11.0 Å². The monoisotopic (exact) mass is 411 g/mol. The van der Waals surface area contributed by atoms with Gasteiger partial charge in [0, 0.05) is 22.4 Å². The molecular formula is C31H25N. The van der Waals surface area contributed by atoms with Crippen molar-refractivity contribution >= 4 is 21.8 Å². The molecule has 0 radical (unpaired) electrons. The summed E-state index contributed by atoms with van der Waals surface area (Å²) in [6.07, 6.45) is 8.00. The highest BCUT2D eigenvalue weighted by Crippen LogP contribution is 2.36. The van der Waals surface area contributed by atoms with E-state index in [0.29, 0.717) is 5.92 Å². The number of benzene rings is 4. The first-order chi connectivity index (χ1) is 15.8. The fourth-order valence-electron chi connectivity index (χ4n) is 4.90. The Bertz CT molecular complexity index is 1480. The van der Waals surface area contributed by atoms with E-state index in [1.165, 1.54) is 49.8 Å². The van der Waals surface area contributed by atoms with Crippen LogP contribution in [0.4, 0.5) is 0 Å². The predicted octanol–water partition coefficient (Wildman–Crippen LogP) is 8.44. The van der Waals surface area contributed by atoms with Crippen LogP contribution in [0.5, 0.6) is 0 Å². The number of hydrogen-bond acceptors (Lipinski definition) is 0. The molecular weight excluding hydrogens is 386 g/mol. The van der Waals surface area contributed by atoms with E-state index in [-0.39, 0.29) is 0 Å². The number of para-hydroxylation sites is 1. The summed E-state index contributed by atoms with van der Waals surface area (Å²) in [6, 6.07) is 35.3. The van der Waals surface area contributed by atoms with Crippen molar-refractivity contribution in [3.8, 4) is 16.8 Å². The van der Waals surface area contributed by atoms with Crippen LogP contribution in [-0.2, 0) is 0 Å². The van der Waals surface area contributed by atoms with Gasteiger partial charge in [0.1, 0.15) is 0 Å². The smallest absolute Gasteiger partial charge is 0.0544 e. The Morgan fingerprint density at radius 3 is 2.19 bits per heavy atom. The molecule has 154 valence electrons. The Labute approximate surface area is 188 Å². The Hall–Kier alpha value is -3.84. The zero-order valence-corrected chi connectivity index (χ0v) is 18.2. The first-order valence-corrected chi connectivity index (χ1v) is 11.3. The number of aromatic nitrogens is 1. The standard InChI is InChI=1S/C31H25N/c1-22-11-13-25(14-12-22)26-17-20-29-28-9-5-6-10-30(28)32(31(29)21-26)27-18-15-24(16-19-27)23-7-3-2-4-8-23/h2-13,15-21,25H,14H2,1H3. The SMILES string of the molecule is CC1=CCC(c2ccc3c4ccccc4n(-c4ccc(-c5ccccc5)cc4)c3c2)C=C1. The van der Waals surface area contributed by atoms with E-state index in [1.54, 1.807) is 0 Å². The third-order valence-electron chi connectivity index (χ3n) is 6.64. The number of allylic oxidation sites excluding steroid dienone is 4. The highest BCUT2D eigenvalue weighted by atomic mass is 15.0. The number of nitrogens with zero attached hydrogens (tertiary/aromatic N) is 1. The van der Waals surface area contributed by atoms with Crippen LogP contribution >= 0.6 is 0 Å². The zero-order chi connectivity index (χ0) is 21.5. The fourth-order valence-corrected chi connectivity index (χ4v) is 4.90. The molecule has 0 saturated carbocycles. The van der Waals surface area contributed by atoms with Crippen molar-refractivity contribution in [1.82, 2.24) is 4.57 Å². The summed E-state index contributed by atoms with van der Waals surface area (Å²) in [5.41, 5.74) is 8.94. The highest BCUT2D eigenvalue weighted by molar-refractivity contribution is 6.09. The van der Waals surface area contributed by atoms with Crippen molar-refractivity contribution in [2.45, 2.75) is 19.3 Å². The van der Waals surface area contributed by atoms with E-state index in [2.05, 4.69) is 127 Å². The van der Waals surface area contributed by atoms with E-state index >= 15 is 0 Å². The topological polar surface area (TPSA) is 4.93 Å². The predicted molar refractivity (Wildman–Crippen MR) is 136 cm³/mol. The van der Waals surface area contributed by atoms with E-state index in [4.69, 9.17) is 0 Å². The van der Waals surface area contributed by atoms with Crippen molar-refractivity contribution in [3.63, 3.8) is 0 Å². The first kappa shape index (κ1) is 18.9. The molecule has 0 bridgehead atoms. The minimum Gasteiger partial charge on any atom is -0.309 e. The Morgan fingerprint density at radius 1 is 0.688 bits per heavy atom. The summed E-state index contributed by atoms with van der Waals surface area (Å²) in [4.78, 5) is 0. The Morgan fingerprint density at radius 2 is 1.41 bits per heavy atom. The molecule has 0 amide bonds. The van der Waals surface area contributed by atoms with Crippen LogP contribution in [0.1, 0.15) is 24.8 Å². The van der Waals surface area contributed by atoms with Gasteiger partial charge in [-0.2, -0.15) is 0 Å². The lowest BCUT2D eigenvalue weighted by Crippen LogP contribution is -1.99. The molecule has 1 heteroatoms. The van der Waals surface area contributed by atoms with Crippen LogP contribution in [0, 0.1) is 0 Å². The lowest BCUT2D eigenvalue weighted by molar-refractivity contribution is 0.846. The summed E-state index contributed by atoms with van der Waals surface area (Å²) in [7, 11) is 0. The zero-order valence-electron chi connectivity index (χ0n) is 18.2. The molecule has 6 rings (SSSR count). The average molecular weight is 412 g/mol. The maximum absolute atomic E-state index is 2.41. The molecule has 1 aliphatic carbocycles. The normalized spacial score (nSPS) is 15.9. The van der Waals surface area contributed by atoms with Gasteiger partial charge in [-0.25, -0.2) is 0 Å². The van der Waals surface area contributed by atoms with Gasteiger partial charge in [-0.05, 0) is 54.3 Å².